The van der Waals surface area contributed by atoms with Crippen molar-refractivity contribution in [2.45, 2.75) is 47.8 Å². The third kappa shape index (κ3) is 2.39. The highest BCUT2D eigenvalue weighted by molar-refractivity contribution is 7.86. The monoisotopic (exact) mass is 364 g/mol. The molecule has 3 rings (SSSR count). The Kier molecular flexibility index (Phi) is 4.16. The number of carbonyl (C=O) groups is 2. The van der Waals surface area contributed by atoms with Gasteiger partial charge in [0.05, 0.1) is 25.0 Å². The minimum Gasteiger partial charge on any atom is -0.481 e. The van der Waals surface area contributed by atoms with E-state index in [0.717, 1.165) is 0 Å². The minimum atomic E-state index is -1.11. The molecule has 130 valence electrons. The molecular weight excluding hydrogens is 344 g/mol. The van der Waals surface area contributed by atoms with Crippen molar-refractivity contribution >= 4 is 37.2 Å². The normalized spacial score (nSPS) is 51.9. The van der Waals surface area contributed by atoms with Gasteiger partial charge in [-0.15, -0.1) is 0 Å². The van der Waals surface area contributed by atoms with Gasteiger partial charge in [-0.25, -0.2) is 0 Å². The molecule has 2 saturated heterocycles. The molecule has 0 aromatic carbocycles. The van der Waals surface area contributed by atoms with E-state index in [-0.39, 0.29) is 13.2 Å². The molecule has 2 heterocycles. The van der Waals surface area contributed by atoms with Gasteiger partial charge in [-0.05, 0) is 13.8 Å². The van der Waals surface area contributed by atoms with Crippen molar-refractivity contribution in [3.8, 4) is 0 Å². The van der Waals surface area contributed by atoms with Crippen LogP contribution in [0.1, 0.15) is 13.8 Å². The van der Waals surface area contributed by atoms with Gasteiger partial charge in [0, 0.05) is 9.49 Å². The fraction of sp³-hybridized carbons (Fsp3) is 0.857. The number of aliphatic carboxylic acids is 1. The number of carboxylic acids is 1. The van der Waals surface area contributed by atoms with Crippen molar-refractivity contribution in [2.75, 3.05) is 13.2 Å². The molecule has 0 radical (unpaired) electrons. The zero-order valence-electron chi connectivity index (χ0n) is 12.7. The molecule has 0 amide bonds. The topological polar surface area (TPSA) is 102 Å². The molecule has 7 nitrogen and oxygen atoms in total. The van der Waals surface area contributed by atoms with Crippen LogP contribution in [0.15, 0.2) is 0 Å². The first-order chi connectivity index (χ1) is 10.6. The number of hydrogen-bond donors (Lipinski definition) is 4. The quantitative estimate of drug-likeness (QED) is 0.405. The number of aliphatic hydroxyl groups excluding tert-OH is 1. The van der Waals surface area contributed by atoms with E-state index in [0.29, 0.717) is 0 Å². The SMILES string of the molecule is CC1(S)C(C(=O)O)C(C(=O)O[C@H]2CO[C@H]3[C@@H]2OC[C@@H]3O)C1(C)S. The third-order valence-electron chi connectivity index (χ3n) is 5.34. The molecule has 0 bridgehead atoms. The summed E-state index contributed by atoms with van der Waals surface area (Å²) in [5, 5.41) is 19.1. The van der Waals surface area contributed by atoms with Gasteiger partial charge >= 0.3 is 11.9 Å². The Balaban J connectivity index is 1.72. The van der Waals surface area contributed by atoms with Crippen LogP contribution in [0.3, 0.4) is 0 Å². The summed E-state index contributed by atoms with van der Waals surface area (Å²) in [6.07, 6.45) is -2.43. The van der Waals surface area contributed by atoms with Crippen LogP contribution < -0.4 is 0 Å². The zero-order chi connectivity index (χ0) is 17.2. The summed E-state index contributed by atoms with van der Waals surface area (Å²) in [4.78, 5) is 24.0. The smallest absolute Gasteiger partial charge is 0.311 e. The number of aliphatic hydroxyl groups is 1. The maximum atomic E-state index is 12.5. The molecule has 3 aliphatic rings. The number of carbonyl (C=O) groups excluding carboxylic acids is 1. The molecule has 8 atom stereocenters. The molecule has 2 aliphatic heterocycles. The predicted molar refractivity (Wildman–Crippen MR) is 84.8 cm³/mol. The first-order valence-electron chi connectivity index (χ1n) is 7.38. The maximum absolute atomic E-state index is 12.5. The Morgan fingerprint density at radius 1 is 1.09 bits per heavy atom. The van der Waals surface area contributed by atoms with E-state index in [2.05, 4.69) is 25.3 Å². The van der Waals surface area contributed by atoms with Gasteiger partial charge in [0.25, 0.3) is 0 Å². The van der Waals surface area contributed by atoms with E-state index < -0.39 is 57.7 Å². The second kappa shape index (κ2) is 5.52. The van der Waals surface area contributed by atoms with E-state index in [4.69, 9.17) is 14.2 Å². The maximum Gasteiger partial charge on any atom is 0.311 e. The molecule has 3 fully saturated rings. The van der Waals surface area contributed by atoms with Crippen LogP contribution in [0.25, 0.3) is 0 Å². The Morgan fingerprint density at radius 3 is 2.26 bits per heavy atom. The van der Waals surface area contributed by atoms with Crippen molar-refractivity contribution in [1.29, 1.82) is 0 Å². The van der Waals surface area contributed by atoms with Crippen molar-refractivity contribution in [3.63, 3.8) is 0 Å². The minimum absolute atomic E-state index is 0.115. The van der Waals surface area contributed by atoms with Crippen LogP contribution in [-0.4, -0.2) is 69.3 Å². The number of carboxylic acid groups (broad SMARTS) is 1. The van der Waals surface area contributed by atoms with Crippen LogP contribution >= 0.6 is 25.3 Å². The Morgan fingerprint density at radius 2 is 1.65 bits per heavy atom. The standard InChI is InChI=1S/C14H20O7S2/c1-13(22)7(11(16)17)8(14(13,2)23)12(18)21-6-4-20-9-5(15)3-19-10(6)9/h5-10,15,22-23H,3-4H2,1-2H3,(H,16,17)/t5-,6-,7?,8?,9+,10+,13?,14?/m0/s1. The second-order valence-electron chi connectivity index (χ2n) is 6.73. The molecule has 0 aromatic rings. The summed E-state index contributed by atoms with van der Waals surface area (Å²) in [7, 11) is 0. The predicted octanol–water partition coefficient (Wildman–Crippen LogP) is -0.236. The summed E-state index contributed by atoms with van der Waals surface area (Å²) in [5.41, 5.74) is 0. The Hall–Kier alpha value is -0.480. The van der Waals surface area contributed by atoms with Gasteiger partial charge in [-0.2, -0.15) is 25.3 Å². The van der Waals surface area contributed by atoms with Crippen LogP contribution in [0.4, 0.5) is 0 Å². The van der Waals surface area contributed by atoms with Gasteiger partial charge in [0.15, 0.2) is 6.10 Å². The van der Waals surface area contributed by atoms with Crippen molar-refractivity contribution in [2.24, 2.45) is 11.8 Å². The highest BCUT2D eigenvalue weighted by Crippen LogP contribution is 2.60. The van der Waals surface area contributed by atoms with Crippen LogP contribution in [0.5, 0.6) is 0 Å². The van der Waals surface area contributed by atoms with E-state index in [9.17, 15) is 19.8 Å². The van der Waals surface area contributed by atoms with Crippen LogP contribution in [0, 0.1) is 11.8 Å². The molecular formula is C14H20O7S2. The highest BCUT2D eigenvalue weighted by Gasteiger charge is 2.70. The number of esters is 1. The lowest BCUT2D eigenvalue weighted by Crippen LogP contribution is -2.72. The average molecular weight is 364 g/mol. The van der Waals surface area contributed by atoms with Crippen LogP contribution in [-0.2, 0) is 23.8 Å². The third-order valence-corrected chi connectivity index (χ3v) is 7.00. The molecule has 2 N–H and O–H groups in total. The van der Waals surface area contributed by atoms with Gasteiger partial charge in [0.1, 0.15) is 18.3 Å². The summed E-state index contributed by atoms with van der Waals surface area (Å²) in [5.74, 6) is -3.67. The highest BCUT2D eigenvalue weighted by atomic mass is 32.1. The fourth-order valence-electron chi connectivity index (χ4n) is 3.70. The molecule has 1 saturated carbocycles. The largest absolute Gasteiger partial charge is 0.481 e. The van der Waals surface area contributed by atoms with Gasteiger partial charge in [-0.3, -0.25) is 9.59 Å². The van der Waals surface area contributed by atoms with E-state index in [1.807, 2.05) is 0 Å². The summed E-state index contributed by atoms with van der Waals surface area (Å²) >= 11 is 8.84. The number of rotatable bonds is 3. The molecule has 0 aromatic heterocycles. The summed E-state index contributed by atoms with van der Waals surface area (Å²) < 4.78 is 14.4. The van der Waals surface area contributed by atoms with Gasteiger partial charge < -0.3 is 24.4 Å². The van der Waals surface area contributed by atoms with Gasteiger partial charge in [0.2, 0.25) is 0 Å². The molecule has 9 heteroatoms. The first kappa shape index (κ1) is 17.3. The molecule has 23 heavy (non-hydrogen) atoms. The van der Waals surface area contributed by atoms with Crippen molar-refractivity contribution in [3.05, 3.63) is 0 Å². The van der Waals surface area contributed by atoms with Crippen molar-refractivity contribution < 1.29 is 34.0 Å². The lowest BCUT2D eigenvalue weighted by atomic mass is 9.56. The van der Waals surface area contributed by atoms with E-state index in [1.165, 1.54) is 0 Å². The molecule has 1 aliphatic carbocycles. The number of fused-ring (bicyclic) bond motifs is 1. The lowest BCUT2D eigenvalue weighted by Gasteiger charge is -2.59. The van der Waals surface area contributed by atoms with Gasteiger partial charge in [-0.1, -0.05) is 0 Å². The van der Waals surface area contributed by atoms with E-state index >= 15 is 0 Å². The molecule has 0 spiro atoms. The first-order valence-corrected chi connectivity index (χ1v) is 8.27. The fourth-order valence-corrected chi connectivity index (χ4v) is 4.49. The number of thiol groups is 2. The second-order valence-corrected chi connectivity index (χ2v) is 8.59. The zero-order valence-corrected chi connectivity index (χ0v) is 14.5. The van der Waals surface area contributed by atoms with Crippen LogP contribution in [0.2, 0.25) is 0 Å². The number of hydrogen-bond acceptors (Lipinski definition) is 8. The average Bonchev–Trinajstić information content (AvgIpc) is 2.99. The number of ether oxygens (including phenoxy) is 3. The Labute approximate surface area is 144 Å². The lowest BCUT2D eigenvalue weighted by molar-refractivity contribution is -0.176. The Bertz CT molecular complexity index is 535. The summed E-state index contributed by atoms with van der Waals surface area (Å²) in [6, 6.07) is 0. The molecule has 4 unspecified atom stereocenters. The summed E-state index contributed by atoms with van der Waals surface area (Å²) in [6.45, 7) is 3.57. The van der Waals surface area contributed by atoms with Crippen molar-refractivity contribution in [1.82, 2.24) is 0 Å². The van der Waals surface area contributed by atoms with E-state index in [1.54, 1.807) is 13.8 Å².